The minimum absolute atomic E-state index is 0.157. The van der Waals surface area contributed by atoms with Gasteiger partial charge in [-0.25, -0.2) is 5.10 Å². The van der Waals surface area contributed by atoms with Gasteiger partial charge in [-0.1, -0.05) is 13.3 Å². The molecule has 0 spiro atoms. The molecule has 2 heterocycles. The van der Waals surface area contributed by atoms with Crippen LogP contribution in [0.1, 0.15) is 28.6 Å². The highest BCUT2D eigenvalue weighted by Gasteiger charge is 2.09. The van der Waals surface area contributed by atoms with Crippen molar-refractivity contribution < 1.29 is 4.79 Å². The van der Waals surface area contributed by atoms with Crippen LogP contribution in [0.3, 0.4) is 0 Å². The first-order valence-electron chi connectivity index (χ1n) is 5.03. The van der Waals surface area contributed by atoms with E-state index in [1.807, 2.05) is 11.4 Å². The van der Waals surface area contributed by atoms with Crippen molar-refractivity contribution in [2.75, 3.05) is 5.32 Å². The second-order valence-corrected chi connectivity index (χ2v) is 4.34. The number of carbonyl (C=O) groups excluding carboxylic acids is 1. The first kappa shape index (κ1) is 10.8. The van der Waals surface area contributed by atoms with E-state index in [-0.39, 0.29) is 5.91 Å². The average Bonchev–Trinajstić information content (AvgIpc) is 2.89. The van der Waals surface area contributed by atoms with Gasteiger partial charge in [0.2, 0.25) is 5.95 Å². The Bertz CT molecular complexity index is 463. The number of nitrogens with one attached hydrogen (secondary N) is 2. The Morgan fingerprint density at radius 3 is 3.19 bits per heavy atom. The van der Waals surface area contributed by atoms with Crippen molar-refractivity contribution >= 4 is 23.2 Å². The van der Waals surface area contributed by atoms with Gasteiger partial charge < -0.3 is 0 Å². The number of H-pyrrole nitrogens is 1. The summed E-state index contributed by atoms with van der Waals surface area (Å²) >= 11 is 1.61. The van der Waals surface area contributed by atoms with Crippen LogP contribution in [0.25, 0.3) is 0 Å². The van der Waals surface area contributed by atoms with Gasteiger partial charge in [0.05, 0.1) is 5.56 Å². The third kappa shape index (κ3) is 2.46. The number of hydrogen-bond donors (Lipinski definition) is 2. The zero-order chi connectivity index (χ0) is 11.4. The highest BCUT2D eigenvalue weighted by molar-refractivity contribution is 7.10. The number of aryl methyl sites for hydroxylation is 1. The first-order chi connectivity index (χ1) is 7.79. The molecule has 84 valence electrons. The van der Waals surface area contributed by atoms with Gasteiger partial charge in [0, 0.05) is 10.3 Å². The van der Waals surface area contributed by atoms with Gasteiger partial charge in [-0.2, -0.15) is 10.1 Å². The molecule has 2 rings (SSSR count). The zero-order valence-corrected chi connectivity index (χ0v) is 9.67. The van der Waals surface area contributed by atoms with Gasteiger partial charge in [0.1, 0.15) is 6.33 Å². The van der Waals surface area contributed by atoms with Gasteiger partial charge >= 0.3 is 0 Å². The van der Waals surface area contributed by atoms with E-state index < -0.39 is 0 Å². The third-order valence-electron chi connectivity index (χ3n) is 2.06. The van der Waals surface area contributed by atoms with Crippen molar-refractivity contribution in [1.29, 1.82) is 0 Å². The lowest BCUT2D eigenvalue weighted by Gasteiger charge is -1.97. The summed E-state index contributed by atoms with van der Waals surface area (Å²) in [5.74, 6) is 0.212. The van der Waals surface area contributed by atoms with E-state index >= 15 is 0 Å². The van der Waals surface area contributed by atoms with Gasteiger partial charge in [-0.05, 0) is 12.5 Å². The third-order valence-corrected chi connectivity index (χ3v) is 3.06. The number of anilines is 1. The number of rotatable bonds is 4. The monoisotopic (exact) mass is 236 g/mol. The quantitative estimate of drug-likeness (QED) is 0.853. The molecule has 0 saturated carbocycles. The van der Waals surface area contributed by atoms with Crippen molar-refractivity contribution in [2.45, 2.75) is 19.8 Å². The molecule has 0 unspecified atom stereocenters. The molecule has 0 radical (unpaired) electrons. The normalized spacial score (nSPS) is 10.3. The standard InChI is InChI=1S/C10H12N4OS/c1-2-3-8-4-7(5-16-8)9(15)13-10-11-6-12-14-10/h4-6H,2-3H2,1H3,(H2,11,12,13,14,15). The summed E-state index contributed by atoms with van der Waals surface area (Å²) in [6, 6.07) is 1.92. The number of aromatic amines is 1. The Kier molecular flexibility index (Phi) is 3.31. The molecule has 2 aromatic rings. The van der Waals surface area contributed by atoms with Crippen LogP contribution in [0, 0.1) is 0 Å². The summed E-state index contributed by atoms with van der Waals surface area (Å²) in [6.45, 7) is 2.12. The molecule has 0 bridgehead atoms. The van der Waals surface area contributed by atoms with E-state index in [0.29, 0.717) is 11.5 Å². The number of thiophene rings is 1. The van der Waals surface area contributed by atoms with Crippen LogP contribution in [0.5, 0.6) is 0 Å². The SMILES string of the molecule is CCCc1cc(C(=O)Nc2ncn[nH]2)cs1. The van der Waals surface area contributed by atoms with E-state index in [0.717, 1.165) is 12.8 Å². The maximum atomic E-state index is 11.7. The molecule has 2 aromatic heterocycles. The fraction of sp³-hybridized carbons (Fsp3) is 0.300. The average molecular weight is 236 g/mol. The molecular weight excluding hydrogens is 224 g/mol. The summed E-state index contributed by atoms with van der Waals surface area (Å²) in [7, 11) is 0. The topological polar surface area (TPSA) is 70.7 Å². The minimum Gasteiger partial charge on any atom is -0.291 e. The van der Waals surface area contributed by atoms with Crippen LogP contribution in [0.15, 0.2) is 17.8 Å². The highest BCUT2D eigenvalue weighted by atomic mass is 32.1. The number of nitrogens with zero attached hydrogens (tertiary/aromatic N) is 2. The first-order valence-corrected chi connectivity index (χ1v) is 5.91. The van der Waals surface area contributed by atoms with Crippen LogP contribution in [-0.2, 0) is 6.42 Å². The number of carbonyl (C=O) groups is 1. The van der Waals surface area contributed by atoms with Crippen molar-refractivity contribution in [3.05, 3.63) is 28.2 Å². The van der Waals surface area contributed by atoms with Crippen molar-refractivity contribution in [2.24, 2.45) is 0 Å². The van der Waals surface area contributed by atoms with Crippen LogP contribution in [-0.4, -0.2) is 21.1 Å². The molecule has 0 aromatic carbocycles. The Labute approximate surface area is 96.9 Å². The minimum atomic E-state index is -0.157. The van der Waals surface area contributed by atoms with E-state index in [1.165, 1.54) is 11.2 Å². The Balaban J connectivity index is 2.03. The Morgan fingerprint density at radius 2 is 2.50 bits per heavy atom. The summed E-state index contributed by atoms with van der Waals surface area (Å²) in [4.78, 5) is 16.8. The molecule has 0 aliphatic carbocycles. The zero-order valence-electron chi connectivity index (χ0n) is 8.86. The molecule has 0 atom stereocenters. The van der Waals surface area contributed by atoms with Gasteiger partial charge in [0.15, 0.2) is 0 Å². The second kappa shape index (κ2) is 4.89. The summed E-state index contributed by atoms with van der Waals surface area (Å²) < 4.78 is 0. The molecular formula is C10H12N4OS. The van der Waals surface area contributed by atoms with E-state index in [9.17, 15) is 4.79 Å². The lowest BCUT2D eigenvalue weighted by molar-refractivity contribution is 0.102. The van der Waals surface area contributed by atoms with Crippen molar-refractivity contribution in [3.8, 4) is 0 Å². The smallest absolute Gasteiger partial charge is 0.258 e. The molecule has 2 N–H and O–H groups in total. The van der Waals surface area contributed by atoms with Gasteiger partial charge in [0.25, 0.3) is 5.91 Å². The lowest BCUT2D eigenvalue weighted by Crippen LogP contribution is -2.11. The van der Waals surface area contributed by atoms with E-state index in [2.05, 4.69) is 27.4 Å². The predicted molar refractivity (Wildman–Crippen MR) is 62.6 cm³/mol. The number of amides is 1. The lowest BCUT2D eigenvalue weighted by atomic mass is 10.2. The fourth-order valence-electron chi connectivity index (χ4n) is 1.32. The highest BCUT2D eigenvalue weighted by Crippen LogP contribution is 2.17. The van der Waals surface area contributed by atoms with E-state index in [1.54, 1.807) is 11.3 Å². The van der Waals surface area contributed by atoms with E-state index in [4.69, 9.17) is 0 Å². The van der Waals surface area contributed by atoms with Crippen molar-refractivity contribution in [1.82, 2.24) is 15.2 Å². The molecule has 1 amide bonds. The molecule has 5 nitrogen and oxygen atoms in total. The van der Waals surface area contributed by atoms with Gasteiger partial charge in [-0.3, -0.25) is 10.1 Å². The Morgan fingerprint density at radius 1 is 1.62 bits per heavy atom. The predicted octanol–water partition coefficient (Wildman–Crippen LogP) is 2.07. The maximum absolute atomic E-state index is 11.7. The molecule has 0 aliphatic heterocycles. The molecule has 0 saturated heterocycles. The van der Waals surface area contributed by atoms with Crippen LogP contribution >= 0.6 is 11.3 Å². The summed E-state index contributed by atoms with van der Waals surface area (Å²) in [5, 5.41) is 10.7. The van der Waals surface area contributed by atoms with Crippen LogP contribution < -0.4 is 5.32 Å². The maximum Gasteiger partial charge on any atom is 0.258 e. The van der Waals surface area contributed by atoms with Crippen molar-refractivity contribution in [3.63, 3.8) is 0 Å². The Hall–Kier alpha value is -1.69. The number of aromatic nitrogens is 3. The van der Waals surface area contributed by atoms with Crippen LogP contribution in [0.2, 0.25) is 0 Å². The molecule has 6 heteroatoms. The largest absolute Gasteiger partial charge is 0.291 e. The summed E-state index contributed by atoms with van der Waals surface area (Å²) in [6.07, 6.45) is 3.45. The van der Waals surface area contributed by atoms with Crippen LogP contribution in [0.4, 0.5) is 5.95 Å². The summed E-state index contributed by atoms with van der Waals surface area (Å²) in [5.41, 5.74) is 0.671. The second-order valence-electron chi connectivity index (χ2n) is 3.34. The number of hydrogen-bond acceptors (Lipinski definition) is 4. The molecule has 0 aliphatic rings. The molecule has 16 heavy (non-hydrogen) atoms. The fourth-order valence-corrected chi connectivity index (χ4v) is 2.29. The van der Waals surface area contributed by atoms with Gasteiger partial charge in [-0.15, -0.1) is 11.3 Å². The molecule has 0 fully saturated rings.